The van der Waals surface area contributed by atoms with E-state index < -0.39 is 0 Å². The molecule has 0 N–H and O–H groups in total. The normalized spacial score (nSPS) is 10.4. The third-order valence-corrected chi connectivity index (χ3v) is 3.63. The molecule has 3 nitrogen and oxygen atoms in total. The number of methoxy groups -OCH3 is 1. The van der Waals surface area contributed by atoms with Crippen LogP contribution < -0.4 is 4.74 Å². The fourth-order valence-corrected chi connectivity index (χ4v) is 2.62. The van der Waals surface area contributed by atoms with Crippen molar-refractivity contribution in [3.05, 3.63) is 58.8 Å². The average Bonchev–Trinajstić information content (AvgIpc) is 2.98. The van der Waals surface area contributed by atoms with Crippen LogP contribution in [0.4, 0.5) is 0 Å². The van der Waals surface area contributed by atoms with Crippen LogP contribution in [-0.4, -0.2) is 13.1 Å². The molecule has 0 aliphatic heterocycles. The van der Waals surface area contributed by atoms with Crippen LogP contribution in [0, 0.1) is 0 Å². The molecule has 0 unspecified atom stereocenters. The Morgan fingerprint density at radius 2 is 1.95 bits per heavy atom. The van der Waals surface area contributed by atoms with Crippen molar-refractivity contribution in [3.8, 4) is 11.5 Å². The van der Waals surface area contributed by atoms with Gasteiger partial charge in [-0.25, -0.2) is 4.79 Å². The summed E-state index contributed by atoms with van der Waals surface area (Å²) in [6.45, 7) is 0. The Morgan fingerprint density at radius 1 is 1.10 bits per heavy atom. The SMILES string of the molecule is COC(=O)c1cc(Oc2ccsc2)cc2ccccc12. The molecule has 0 radical (unpaired) electrons. The van der Waals surface area contributed by atoms with Gasteiger partial charge in [-0.3, -0.25) is 0 Å². The number of ether oxygens (including phenoxy) is 2. The maximum atomic E-state index is 11.9. The van der Waals surface area contributed by atoms with Gasteiger partial charge in [-0.15, -0.1) is 11.3 Å². The summed E-state index contributed by atoms with van der Waals surface area (Å²) >= 11 is 1.56. The maximum Gasteiger partial charge on any atom is 0.338 e. The number of hydrogen-bond acceptors (Lipinski definition) is 4. The summed E-state index contributed by atoms with van der Waals surface area (Å²) in [6, 6.07) is 13.2. The van der Waals surface area contributed by atoms with Crippen LogP contribution >= 0.6 is 11.3 Å². The van der Waals surface area contributed by atoms with Gasteiger partial charge in [-0.1, -0.05) is 24.3 Å². The molecule has 3 aromatic rings. The highest BCUT2D eigenvalue weighted by Crippen LogP contribution is 2.30. The molecule has 20 heavy (non-hydrogen) atoms. The zero-order valence-electron chi connectivity index (χ0n) is 10.8. The molecule has 0 aliphatic carbocycles. The van der Waals surface area contributed by atoms with Gasteiger partial charge < -0.3 is 9.47 Å². The molecule has 3 rings (SSSR count). The topological polar surface area (TPSA) is 35.5 Å². The van der Waals surface area contributed by atoms with Crippen molar-refractivity contribution >= 4 is 28.1 Å². The van der Waals surface area contributed by atoms with Gasteiger partial charge in [0.25, 0.3) is 0 Å². The van der Waals surface area contributed by atoms with Crippen LogP contribution in [0.3, 0.4) is 0 Å². The summed E-state index contributed by atoms with van der Waals surface area (Å²) in [5.41, 5.74) is 0.510. The Balaban J connectivity index is 2.12. The van der Waals surface area contributed by atoms with E-state index in [2.05, 4.69) is 0 Å². The van der Waals surface area contributed by atoms with Crippen LogP contribution in [0.1, 0.15) is 10.4 Å². The van der Waals surface area contributed by atoms with Gasteiger partial charge in [0.2, 0.25) is 0 Å². The zero-order chi connectivity index (χ0) is 13.9. The van der Waals surface area contributed by atoms with Crippen molar-refractivity contribution in [1.82, 2.24) is 0 Å². The maximum absolute atomic E-state index is 11.9. The van der Waals surface area contributed by atoms with E-state index >= 15 is 0 Å². The van der Waals surface area contributed by atoms with Gasteiger partial charge in [0, 0.05) is 5.38 Å². The first kappa shape index (κ1) is 12.7. The summed E-state index contributed by atoms with van der Waals surface area (Å²) in [5.74, 6) is 1.03. The molecule has 2 aromatic carbocycles. The number of esters is 1. The molecule has 0 saturated carbocycles. The zero-order valence-corrected chi connectivity index (χ0v) is 11.6. The number of carbonyl (C=O) groups excluding carboxylic acids is 1. The lowest BCUT2D eigenvalue weighted by molar-refractivity contribution is 0.0602. The molecular formula is C16H12O3S. The lowest BCUT2D eigenvalue weighted by atomic mass is 10.0. The first-order chi connectivity index (χ1) is 9.78. The van der Waals surface area contributed by atoms with E-state index in [1.165, 1.54) is 7.11 Å². The molecule has 1 aromatic heterocycles. The molecule has 4 heteroatoms. The number of thiophene rings is 1. The first-order valence-electron chi connectivity index (χ1n) is 6.09. The van der Waals surface area contributed by atoms with Crippen molar-refractivity contribution in [2.24, 2.45) is 0 Å². The number of hydrogen-bond donors (Lipinski definition) is 0. The van der Waals surface area contributed by atoms with Crippen LogP contribution in [-0.2, 0) is 4.74 Å². The third kappa shape index (κ3) is 2.38. The lowest BCUT2D eigenvalue weighted by Gasteiger charge is -2.09. The molecule has 0 fully saturated rings. The van der Waals surface area contributed by atoms with Crippen LogP contribution in [0.2, 0.25) is 0 Å². The quantitative estimate of drug-likeness (QED) is 0.665. The van der Waals surface area contributed by atoms with Crippen molar-refractivity contribution < 1.29 is 14.3 Å². The second-order valence-electron chi connectivity index (χ2n) is 4.24. The Kier molecular flexibility index (Phi) is 3.39. The molecular weight excluding hydrogens is 272 g/mol. The van der Waals surface area contributed by atoms with Crippen LogP contribution in [0.5, 0.6) is 11.5 Å². The summed E-state index contributed by atoms with van der Waals surface area (Å²) in [5, 5.41) is 5.66. The highest BCUT2D eigenvalue weighted by atomic mass is 32.1. The van der Waals surface area contributed by atoms with E-state index in [9.17, 15) is 4.79 Å². The summed E-state index contributed by atoms with van der Waals surface area (Å²) in [7, 11) is 1.38. The van der Waals surface area contributed by atoms with Crippen molar-refractivity contribution in [2.45, 2.75) is 0 Å². The predicted molar refractivity (Wildman–Crippen MR) is 79.7 cm³/mol. The molecule has 100 valence electrons. The summed E-state index contributed by atoms with van der Waals surface area (Å²) in [6.07, 6.45) is 0. The van der Waals surface area contributed by atoms with Crippen LogP contribution in [0.15, 0.2) is 53.2 Å². The van der Waals surface area contributed by atoms with Crippen molar-refractivity contribution in [1.29, 1.82) is 0 Å². The van der Waals surface area contributed by atoms with E-state index in [1.807, 2.05) is 47.2 Å². The minimum Gasteiger partial charge on any atom is -0.465 e. The van der Waals surface area contributed by atoms with Gasteiger partial charge >= 0.3 is 5.97 Å². The monoisotopic (exact) mass is 284 g/mol. The van der Waals surface area contributed by atoms with E-state index in [1.54, 1.807) is 17.4 Å². The lowest BCUT2D eigenvalue weighted by Crippen LogP contribution is -2.02. The van der Waals surface area contributed by atoms with Crippen LogP contribution in [0.25, 0.3) is 10.8 Å². The number of fused-ring (bicyclic) bond motifs is 1. The highest BCUT2D eigenvalue weighted by Gasteiger charge is 2.13. The largest absolute Gasteiger partial charge is 0.465 e. The first-order valence-corrected chi connectivity index (χ1v) is 7.03. The van der Waals surface area contributed by atoms with Gasteiger partial charge in [0.05, 0.1) is 12.7 Å². The molecule has 0 bridgehead atoms. The third-order valence-electron chi connectivity index (χ3n) is 2.97. The smallest absolute Gasteiger partial charge is 0.338 e. The summed E-state index contributed by atoms with van der Waals surface area (Å²) in [4.78, 5) is 11.9. The highest BCUT2D eigenvalue weighted by molar-refractivity contribution is 7.08. The predicted octanol–water partition coefficient (Wildman–Crippen LogP) is 4.48. The van der Waals surface area contributed by atoms with Gasteiger partial charge in [-0.05, 0) is 34.4 Å². The number of carbonyl (C=O) groups is 1. The van der Waals surface area contributed by atoms with Crippen molar-refractivity contribution in [3.63, 3.8) is 0 Å². The second kappa shape index (κ2) is 5.35. The van der Waals surface area contributed by atoms with Gasteiger partial charge in [0.1, 0.15) is 11.5 Å². The molecule has 0 spiro atoms. The number of rotatable bonds is 3. The fourth-order valence-electron chi connectivity index (χ4n) is 2.07. The summed E-state index contributed by atoms with van der Waals surface area (Å²) < 4.78 is 10.6. The Morgan fingerprint density at radius 3 is 2.70 bits per heavy atom. The number of benzene rings is 2. The molecule has 1 heterocycles. The fraction of sp³-hybridized carbons (Fsp3) is 0.0625. The Labute approximate surface area is 120 Å². The molecule has 0 saturated heterocycles. The minimum atomic E-state index is -0.364. The molecule has 0 aliphatic rings. The second-order valence-corrected chi connectivity index (χ2v) is 5.02. The van der Waals surface area contributed by atoms with E-state index in [0.717, 1.165) is 16.5 Å². The van der Waals surface area contributed by atoms with Crippen molar-refractivity contribution in [2.75, 3.05) is 7.11 Å². The Hall–Kier alpha value is -2.33. The molecule has 0 atom stereocenters. The Bertz CT molecular complexity index is 748. The molecule has 0 amide bonds. The minimum absolute atomic E-state index is 0.364. The van der Waals surface area contributed by atoms with E-state index in [-0.39, 0.29) is 5.97 Å². The van der Waals surface area contributed by atoms with Gasteiger partial charge in [0.15, 0.2) is 0 Å². The van der Waals surface area contributed by atoms with E-state index in [4.69, 9.17) is 9.47 Å². The average molecular weight is 284 g/mol. The van der Waals surface area contributed by atoms with Gasteiger partial charge in [-0.2, -0.15) is 0 Å². The van der Waals surface area contributed by atoms with E-state index in [0.29, 0.717) is 11.3 Å². The standard InChI is InChI=1S/C16H12O3S/c1-18-16(17)15-9-13(19-12-6-7-20-10-12)8-11-4-2-3-5-14(11)15/h2-10H,1H3.